The Morgan fingerprint density at radius 1 is 1.14 bits per heavy atom. The molecular weight excluding hydrogens is 392 g/mol. The molecule has 0 unspecified atom stereocenters. The molecule has 0 bridgehead atoms. The molecule has 0 aromatic heterocycles. The predicted octanol–water partition coefficient (Wildman–Crippen LogP) is 2.92. The molecule has 7 nitrogen and oxygen atoms in total. The number of benzene rings is 2. The molecule has 156 valence electrons. The molecule has 1 heterocycles. The fraction of sp³-hybridized carbons (Fsp3) is 0.381. The minimum atomic E-state index is -3.57. The Morgan fingerprint density at radius 2 is 1.86 bits per heavy atom. The average molecular weight is 419 g/mol. The number of hydrogen-bond acceptors (Lipinski definition) is 5. The summed E-state index contributed by atoms with van der Waals surface area (Å²) in [4.78, 5) is 14.5. The Labute approximate surface area is 171 Å². The zero-order valence-corrected chi connectivity index (χ0v) is 17.2. The molecular formula is C21H26N2O5S. The third-order valence-electron chi connectivity index (χ3n) is 4.57. The van der Waals surface area contributed by atoms with Gasteiger partial charge < -0.3 is 19.1 Å². The summed E-state index contributed by atoms with van der Waals surface area (Å²) in [5, 5.41) is 2.96. The van der Waals surface area contributed by atoms with E-state index in [1.54, 1.807) is 29.2 Å². The van der Waals surface area contributed by atoms with Gasteiger partial charge in [-0.1, -0.05) is 42.5 Å². The molecule has 1 saturated heterocycles. The lowest BCUT2D eigenvalue weighted by atomic mass is 10.2. The first-order chi connectivity index (χ1) is 13.9. The molecule has 0 aliphatic carbocycles. The van der Waals surface area contributed by atoms with Gasteiger partial charge in [0.1, 0.15) is 5.75 Å². The van der Waals surface area contributed by atoms with Gasteiger partial charge in [-0.25, -0.2) is 4.79 Å². The molecule has 0 spiro atoms. The molecule has 0 saturated carbocycles. The molecule has 2 aromatic carbocycles. The maximum absolute atomic E-state index is 12.8. The number of rotatable bonds is 8. The van der Waals surface area contributed by atoms with Crippen molar-refractivity contribution in [2.75, 3.05) is 19.4 Å². The van der Waals surface area contributed by atoms with Gasteiger partial charge in [-0.2, -0.15) is 8.42 Å². The van der Waals surface area contributed by atoms with Gasteiger partial charge in [-0.3, -0.25) is 0 Å². The second-order valence-electron chi connectivity index (χ2n) is 7.09. The van der Waals surface area contributed by atoms with Crippen LogP contribution in [0.2, 0.25) is 0 Å². The van der Waals surface area contributed by atoms with Crippen LogP contribution in [-0.2, 0) is 27.9 Å². The third kappa shape index (κ3) is 7.07. The van der Waals surface area contributed by atoms with Crippen LogP contribution in [0.3, 0.4) is 0 Å². The Bertz CT molecular complexity index is 894. The van der Waals surface area contributed by atoms with Gasteiger partial charge >= 0.3 is 16.1 Å². The fourth-order valence-electron chi connectivity index (χ4n) is 3.18. The number of amides is 2. The maximum atomic E-state index is 12.8. The lowest BCUT2D eigenvalue weighted by Crippen LogP contribution is -2.43. The van der Waals surface area contributed by atoms with E-state index in [0.717, 1.165) is 36.8 Å². The third-order valence-corrected chi connectivity index (χ3v) is 5.06. The number of nitrogens with zero attached hydrogens (tertiary/aromatic N) is 1. The van der Waals surface area contributed by atoms with E-state index < -0.39 is 10.1 Å². The highest BCUT2D eigenvalue weighted by atomic mass is 32.2. The quantitative estimate of drug-likeness (QED) is 0.667. The molecule has 1 N–H and O–H groups in total. The van der Waals surface area contributed by atoms with Gasteiger partial charge in [-0.05, 0) is 36.1 Å². The number of hydrogen-bond donors (Lipinski definition) is 1. The summed E-state index contributed by atoms with van der Waals surface area (Å²) in [5.74, 6) is 0.246. The second kappa shape index (κ2) is 9.76. The lowest BCUT2D eigenvalue weighted by molar-refractivity contribution is 0.0794. The van der Waals surface area contributed by atoms with Crippen LogP contribution in [0.5, 0.6) is 5.75 Å². The predicted molar refractivity (Wildman–Crippen MR) is 110 cm³/mol. The Balaban J connectivity index is 1.65. The molecule has 3 rings (SSSR count). The van der Waals surface area contributed by atoms with E-state index in [4.69, 9.17) is 8.92 Å². The van der Waals surface area contributed by atoms with Crippen molar-refractivity contribution >= 4 is 16.1 Å². The van der Waals surface area contributed by atoms with Crippen LogP contribution in [0, 0.1) is 0 Å². The minimum Gasteiger partial charge on any atom is -0.383 e. The molecule has 0 radical (unpaired) electrons. The van der Waals surface area contributed by atoms with Crippen LogP contribution < -0.4 is 9.50 Å². The van der Waals surface area contributed by atoms with Crippen molar-refractivity contribution in [1.82, 2.24) is 10.2 Å². The molecule has 1 fully saturated rings. The summed E-state index contributed by atoms with van der Waals surface area (Å²) in [7, 11) is -3.57. The normalized spacial score (nSPS) is 16.4. The smallest absolute Gasteiger partial charge is 0.318 e. The van der Waals surface area contributed by atoms with Crippen LogP contribution in [0.15, 0.2) is 54.6 Å². The average Bonchev–Trinajstić information content (AvgIpc) is 3.20. The summed E-state index contributed by atoms with van der Waals surface area (Å²) in [6.45, 7) is 2.06. The van der Waals surface area contributed by atoms with Crippen molar-refractivity contribution in [3.05, 3.63) is 65.7 Å². The number of carbonyl (C=O) groups excluding carboxylic acids is 1. The summed E-state index contributed by atoms with van der Waals surface area (Å²) >= 11 is 0. The van der Waals surface area contributed by atoms with E-state index in [1.165, 1.54) is 0 Å². The Hall–Kier alpha value is -2.58. The molecule has 29 heavy (non-hydrogen) atoms. The fourth-order valence-corrected chi connectivity index (χ4v) is 3.65. The van der Waals surface area contributed by atoms with Crippen molar-refractivity contribution in [2.45, 2.75) is 32.0 Å². The zero-order valence-electron chi connectivity index (χ0n) is 16.4. The summed E-state index contributed by atoms with van der Waals surface area (Å²) < 4.78 is 33.0. The van der Waals surface area contributed by atoms with Crippen molar-refractivity contribution in [3.63, 3.8) is 0 Å². The Kier molecular flexibility index (Phi) is 7.11. The van der Waals surface area contributed by atoms with Crippen molar-refractivity contribution < 1.29 is 22.1 Å². The van der Waals surface area contributed by atoms with Crippen LogP contribution in [0.1, 0.15) is 24.0 Å². The Morgan fingerprint density at radius 3 is 2.48 bits per heavy atom. The van der Waals surface area contributed by atoms with E-state index in [2.05, 4.69) is 5.32 Å². The molecule has 1 atom stereocenters. The van der Waals surface area contributed by atoms with E-state index in [-0.39, 0.29) is 17.9 Å². The van der Waals surface area contributed by atoms with Crippen LogP contribution in [0.4, 0.5) is 4.79 Å². The van der Waals surface area contributed by atoms with Crippen molar-refractivity contribution in [1.29, 1.82) is 0 Å². The van der Waals surface area contributed by atoms with E-state index in [0.29, 0.717) is 19.6 Å². The summed E-state index contributed by atoms with van der Waals surface area (Å²) in [6.07, 6.45) is 2.97. The van der Waals surface area contributed by atoms with Gasteiger partial charge in [0, 0.05) is 26.2 Å². The van der Waals surface area contributed by atoms with Crippen LogP contribution >= 0.6 is 0 Å². The molecule has 2 aromatic rings. The standard InChI is InChI=1S/C21H26N2O5S/c1-29(25,26)28-19-11-9-18(10-12-19)15-23(16-20-8-5-13-27-20)21(24)22-14-17-6-3-2-4-7-17/h2-4,6-7,9-12,20H,5,8,13-16H2,1H3,(H,22,24)/t20-/m0/s1. The number of ether oxygens (including phenoxy) is 1. The number of nitrogens with one attached hydrogen (secondary N) is 1. The van der Waals surface area contributed by atoms with Gasteiger partial charge in [0.05, 0.1) is 12.4 Å². The molecule has 1 aliphatic rings. The first-order valence-corrected chi connectivity index (χ1v) is 11.4. The topological polar surface area (TPSA) is 84.9 Å². The van der Waals surface area contributed by atoms with Crippen LogP contribution in [-0.4, -0.2) is 44.9 Å². The highest BCUT2D eigenvalue weighted by Gasteiger charge is 2.23. The summed E-state index contributed by atoms with van der Waals surface area (Å²) in [6, 6.07) is 16.3. The van der Waals surface area contributed by atoms with Gasteiger partial charge in [0.2, 0.25) is 0 Å². The highest BCUT2D eigenvalue weighted by molar-refractivity contribution is 7.86. The van der Waals surface area contributed by atoms with Crippen molar-refractivity contribution in [3.8, 4) is 5.75 Å². The first kappa shape index (κ1) is 21.1. The van der Waals surface area contributed by atoms with E-state index in [9.17, 15) is 13.2 Å². The van der Waals surface area contributed by atoms with Gasteiger partial charge in [0.25, 0.3) is 0 Å². The zero-order chi connectivity index (χ0) is 20.7. The monoisotopic (exact) mass is 418 g/mol. The van der Waals surface area contributed by atoms with E-state index in [1.807, 2.05) is 30.3 Å². The van der Waals surface area contributed by atoms with Gasteiger partial charge in [-0.15, -0.1) is 0 Å². The largest absolute Gasteiger partial charge is 0.383 e. The first-order valence-electron chi connectivity index (χ1n) is 9.56. The minimum absolute atomic E-state index is 0.0327. The number of carbonyl (C=O) groups is 1. The number of urea groups is 1. The van der Waals surface area contributed by atoms with E-state index >= 15 is 0 Å². The summed E-state index contributed by atoms with van der Waals surface area (Å²) in [5.41, 5.74) is 1.90. The van der Waals surface area contributed by atoms with Crippen LogP contribution in [0.25, 0.3) is 0 Å². The van der Waals surface area contributed by atoms with Gasteiger partial charge in [0.15, 0.2) is 0 Å². The SMILES string of the molecule is CS(=O)(=O)Oc1ccc(CN(C[C@@H]2CCCO2)C(=O)NCc2ccccc2)cc1. The second-order valence-corrected chi connectivity index (χ2v) is 8.67. The molecule has 1 aliphatic heterocycles. The lowest BCUT2D eigenvalue weighted by Gasteiger charge is -2.26. The maximum Gasteiger partial charge on any atom is 0.318 e. The highest BCUT2D eigenvalue weighted by Crippen LogP contribution is 2.18. The molecule has 8 heteroatoms. The molecule has 2 amide bonds. The van der Waals surface area contributed by atoms with Crippen molar-refractivity contribution in [2.24, 2.45) is 0 Å².